The first kappa shape index (κ1) is 15.8. The Bertz CT molecular complexity index is 1040. The molecule has 8 heteroatoms. The van der Waals surface area contributed by atoms with E-state index in [9.17, 15) is 4.79 Å². The summed E-state index contributed by atoms with van der Waals surface area (Å²) in [5, 5.41) is 7.09. The highest BCUT2D eigenvalue weighted by atomic mass is 16.3. The SMILES string of the molecule is Nc1nc(C(=O)NCCc2ccccc2)cc2nc(-c3ccco3)nn12. The zero-order chi connectivity index (χ0) is 17.9. The second-order valence-electron chi connectivity index (χ2n) is 5.67. The number of nitrogens with two attached hydrogens (primary N) is 1. The average Bonchev–Trinajstić information content (AvgIpc) is 3.32. The van der Waals surface area contributed by atoms with Crippen LogP contribution in [0.15, 0.2) is 59.2 Å². The average molecular weight is 348 g/mol. The molecule has 3 N–H and O–H groups in total. The highest BCUT2D eigenvalue weighted by molar-refractivity contribution is 5.93. The molecule has 0 unspecified atom stereocenters. The fourth-order valence-electron chi connectivity index (χ4n) is 2.59. The summed E-state index contributed by atoms with van der Waals surface area (Å²) in [6.45, 7) is 0.500. The number of nitrogens with one attached hydrogen (secondary N) is 1. The lowest BCUT2D eigenvalue weighted by atomic mass is 10.1. The van der Waals surface area contributed by atoms with Gasteiger partial charge in [0.25, 0.3) is 5.91 Å². The van der Waals surface area contributed by atoms with Crippen molar-refractivity contribution in [3.63, 3.8) is 0 Å². The largest absolute Gasteiger partial charge is 0.461 e. The minimum Gasteiger partial charge on any atom is -0.461 e. The molecule has 0 spiro atoms. The first-order valence-corrected chi connectivity index (χ1v) is 8.10. The fraction of sp³-hybridized carbons (Fsp3) is 0.111. The molecule has 0 aliphatic carbocycles. The van der Waals surface area contributed by atoms with Crippen LogP contribution in [0.1, 0.15) is 16.1 Å². The van der Waals surface area contributed by atoms with Gasteiger partial charge in [-0.25, -0.2) is 9.97 Å². The standard InChI is InChI=1S/C18H16N6O2/c19-18-21-13(17(25)20-9-8-12-5-2-1-3-6-12)11-15-22-16(23-24(15)18)14-7-4-10-26-14/h1-7,10-11H,8-9H2,(H2,19,21)(H,20,25). The minimum absolute atomic E-state index is 0.0843. The number of fused-ring (bicyclic) bond motifs is 1. The molecule has 3 aromatic heterocycles. The maximum atomic E-state index is 12.4. The molecule has 0 saturated heterocycles. The van der Waals surface area contributed by atoms with Gasteiger partial charge in [0.05, 0.1) is 6.26 Å². The van der Waals surface area contributed by atoms with Crippen LogP contribution in [-0.4, -0.2) is 32.0 Å². The second-order valence-corrected chi connectivity index (χ2v) is 5.67. The van der Waals surface area contributed by atoms with Crippen molar-refractivity contribution in [2.75, 3.05) is 12.3 Å². The van der Waals surface area contributed by atoms with Crippen LogP contribution in [0.5, 0.6) is 0 Å². The topological polar surface area (TPSA) is 111 Å². The van der Waals surface area contributed by atoms with Gasteiger partial charge >= 0.3 is 0 Å². The highest BCUT2D eigenvalue weighted by Gasteiger charge is 2.15. The normalized spacial score (nSPS) is 10.9. The Morgan fingerprint density at radius 3 is 2.77 bits per heavy atom. The van der Waals surface area contributed by atoms with E-state index in [4.69, 9.17) is 10.2 Å². The number of nitrogen functional groups attached to an aromatic ring is 1. The number of anilines is 1. The maximum absolute atomic E-state index is 12.4. The minimum atomic E-state index is -0.308. The molecule has 0 fully saturated rings. The zero-order valence-electron chi connectivity index (χ0n) is 13.8. The predicted molar refractivity (Wildman–Crippen MR) is 95.4 cm³/mol. The third-order valence-electron chi connectivity index (χ3n) is 3.87. The number of hydrogen-bond acceptors (Lipinski definition) is 6. The van der Waals surface area contributed by atoms with E-state index in [2.05, 4.69) is 20.4 Å². The molecule has 0 atom stereocenters. The summed E-state index contributed by atoms with van der Waals surface area (Å²) in [5.74, 6) is 0.672. The van der Waals surface area contributed by atoms with E-state index in [0.29, 0.717) is 23.8 Å². The smallest absolute Gasteiger partial charge is 0.270 e. The van der Waals surface area contributed by atoms with Crippen LogP contribution in [0.4, 0.5) is 5.95 Å². The van der Waals surface area contributed by atoms with E-state index in [1.54, 1.807) is 18.2 Å². The number of benzene rings is 1. The zero-order valence-corrected chi connectivity index (χ0v) is 13.8. The molecule has 130 valence electrons. The molecule has 0 aliphatic rings. The van der Waals surface area contributed by atoms with Crippen LogP contribution in [-0.2, 0) is 6.42 Å². The molecule has 4 aromatic rings. The third kappa shape index (κ3) is 3.12. The predicted octanol–water partition coefficient (Wildman–Crippen LogP) is 1.94. The van der Waals surface area contributed by atoms with Gasteiger partial charge in [0.15, 0.2) is 11.4 Å². The summed E-state index contributed by atoms with van der Waals surface area (Å²) in [6, 6.07) is 15.0. The number of carbonyl (C=O) groups is 1. The number of furan rings is 1. The Hall–Kier alpha value is -3.68. The van der Waals surface area contributed by atoms with Crippen molar-refractivity contribution >= 4 is 17.5 Å². The number of carbonyl (C=O) groups excluding carboxylic acids is 1. The molecule has 0 aliphatic heterocycles. The number of rotatable bonds is 5. The lowest BCUT2D eigenvalue weighted by Crippen LogP contribution is -2.27. The van der Waals surface area contributed by atoms with E-state index in [0.717, 1.165) is 12.0 Å². The van der Waals surface area contributed by atoms with E-state index in [1.165, 1.54) is 10.8 Å². The van der Waals surface area contributed by atoms with Crippen LogP contribution < -0.4 is 11.1 Å². The Morgan fingerprint density at radius 2 is 2.00 bits per heavy atom. The summed E-state index contributed by atoms with van der Waals surface area (Å²) in [5.41, 5.74) is 7.69. The van der Waals surface area contributed by atoms with Gasteiger partial charge in [-0.05, 0) is 24.1 Å². The molecule has 3 heterocycles. The maximum Gasteiger partial charge on any atom is 0.270 e. The van der Waals surface area contributed by atoms with Gasteiger partial charge in [-0.15, -0.1) is 5.10 Å². The lowest BCUT2D eigenvalue weighted by molar-refractivity contribution is 0.0949. The van der Waals surface area contributed by atoms with Gasteiger partial charge in [0.1, 0.15) is 5.69 Å². The van der Waals surface area contributed by atoms with Crippen molar-refractivity contribution in [3.8, 4) is 11.6 Å². The van der Waals surface area contributed by atoms with Crippen molar-refractivity contribution in [2.24, 2.45) is 0 Å². The highest BCUT2D eigenvalue weighted by Crippen LogP contribution is 2.18. The quantitative estimate of drug-likeness (QED) is 0.570. The summed E-state index contributed by atoms with van der Waals surface area (Å²) in [7, 11) is 0. The molecule has 0 bridgehead atoms. The Morgan fingerprint density at radius 1 is 1.15 bits per heavy atom. The number of hydrogen-bond donors (Lipinski definition) is 2. The van der Waals surface area contributed by atoms with Crippen LogP contribution >= 0.6 is 0 Å². The molecule has 8 nitrogen and oxygen atoms in total. The Balaban J connectivity index is 1.51. The van der Waals surface area contributed by atoms with Gasteiger partial charge < -0.3 is 15.5 Å². The van der Waals surface area contributed by atoms with Crippen LogP contribution in [0, 0.1) is 0 Å². The Kier molecular flexibility index (Phi) is 4.06. The fourth-order valence-corrected chi connectivity index (χ4v) is 2.59. The van der Waals surface area contributed by atoms with Gasteiger partial charge in [-0.2, -0.15) is 4.52 Å². The van der Waals surface area contributed by atoms with Gasteiger partial charge in [0.2, 0.25) is 11.8 Å². The summed E-state index contributed by atoms with van der Waals surface area (Å²) in [4.78, 5) is 20.8. The van der Waals surface area contributed by atoms with E-state index in [1.807, 2.05) is 30.3 Å². The van der Waals surface area contributed by atoms with Crippen molar-refractivity contribution in [3.05, 3.63) is 66.1 Å². The molecule has 4 rings (SSSR count). The van der Waals surface area contributed by atoms with Crippen LogP contribution in [0.25, 0.3) is 17.2 Å². The molecular formula is C18H16N6O2. The molecule has 26 heavy (non-hydrogen) atoms. The molecule has 0 saturated carbocycles. The summed E-state index contributed by atoms with van der Waals surface area (Å²) < 4.78 is 6.66. The monoisotopic (exact) mass is 348 g/mol. The van der Waals surface area contributed by atoms with Crippen LogP contribution in [0.3, 0.4) is 0 Å². The number of nitrogens with zero attached hydrogens (tertiary/aromatic N) is 4. The summed E-state index contributed by atoms with van der Waals surface area (Å²) >= 11 is 0. The number of amides is 1. The molecular weight excluding hydrogens is 332 g/mol. The third-order valence-corrected chi connectivity index (χ3v) is 3.87. The summed E-state index contributed by atoms with van der Waals surface area (Å²) in [6.07, 6.45) is 2.27. The van der Waals surface area contributed by atoms with Crippen molar-refractivity contribution in [1.82, 2.24) is 24.9 Å². The number of aromatic nitrogens is 4. The van der Waals surface area contributed by atoms with Gasteiger partial charge in [-0.1, -0.05) is 30.3 Å². The molecule has 1 aromatic carbocycles. The molecule has 1 amide bonds. The first-order chi connectivity index (χ1) is 12.7. The van der Waals surface area contributed by atoms with Crippen molar-refractivity contribution in [2.45, 2.75) is 6.42 Å². The lowest BCUT2D eigenvalue weighted by Gasteiger charge is -2.06. The van der Waals surface area contributed by atoms with Crippen LogP contribution in [0.2, 0.25) is 0 Å². The first-order valence-electron chi connectivity index (χ1n) is 8.10. The second kappa shape index (κ2) is 6.67. The molecule has 0 radical (unpaired) electrons. The Labute approximate surface area is 148 Å². The van der Waals surface area contributed by atoms with Gasteiger partial charge in [0, 0.05) is 12.6 Å². The van der Waals surface area contributed by atoms with Gasteiger partial charge in [-0.3, -0.25) is 4.79 Å². The van der Waals surface area contributed by atoms with Crippen molar-refractivity contribution in [1.29, 1.82) is 0 Å². The van der Waals surface area contributed by atoms with E-state index < -0.39 is 0 Å². The van der Waals surface area contributed by atoms with E-state index >= 15 is 0 Å². The van der Waals surface area contributed by atoms with Crippen molar-refractivity contribution < 1.29 is 9.21 Å². The van der Waals surface area contributed by atoms with E-state index in [-0.39, 0.29) is 17.5 Å².